The van der Waals surface area contributed by atoms with Crippen molar-refractivity contribution < 1.29 is 90.5 Å². The number of rotatable bonds is 12. The molecule has 158 valence electrons. The van der Waals surface area contributed by atoms with Gasteiger partial charge in [-0.25, -0.2) is 4.39 Å². The van der Waals surface area contributed by atoms with E-state index >= 15 is 0 Å². The van der Waals surface area contributed by atoms with E-state index in [0.29, 0.717) is 18.6 Å². The maximum atomic E-state index is 12.8. The molecule has 0 aliphatic rings. The van der Waals surface area contributed by atoms with Crippen molar-refractivity contribution in [1.82, 2.24) is 0 Å². The van der Waals surface area contributed by atoms with Crippen molar-refractivity contribution in [2.24, 2.45) is 0 Å². The molecule has 0 unspecified atom stereocenters. The fraction of sp³-hybridized carbons (Fsp3) is 0.381. The van der Waals surface area contributed by atoms with Gasteiger partial charge in [0.1, 0.15) is 36.5 Å². The molecule has 0 saturated heterocycles. The molecule has 0 aromatic heterocycles. The van der Waals surface area contributed by atoms with Crippen molar-refractivity contribution in [3.63, 3.8) is 0 Å². The molecule has 3 atom stereocenters. The summed E-state index contributed by atoms with van der Waals surface area (Å²) in [5, 5.41) is 39.1. The van der Waals surface area contributed by atoms with Gasteiger partial charge in [0.15, 0.2) is 0 Å². The maximum absolute atomic E-state index is 12.8. The first-order valence-corrected chi connectivity index (χ1v) is 8.90. The first kappa shape index (κ1) is 28.9. The summed E-state index contributed by atoms with van der Waals surface area (Å²) in [4.78, 5) is 10.2. The fourth-order valence-corrected chi connectivity index (χ4v) is 1.94. The normalized spacial score (nSPS) is 13.9. The van der Waals surface area contributed by atoms with Gasteiger partial charge < -0.3 is 34.7 Å². The van der Waals surface area contributed by atoms with Crippen molar-refractivity contribution >= 4 is 5.97 Å². The molecule has 9 heteroatoms. The third-order valence-electron chi connectivity index (χ3n) is 3.41. The van der Waals surface area contributed by atoms with Crippen molar-refractivity contribution in [2.45, 2.75) is 31.2 Å². The number of ether oxygens (including phenoxy) is 2. The number of benzene rings is 1. The predicted molar refractivity (Wildman–Crippen MR) is 101 cm³/mol. The molecule has 1 aromatic rings. The minimum atomic E-state index is -1.41. The summed E-state index contributed by atoms with van der Waals surface area (Å²) >= 11 is 0. The molecule has 0 bridgehead atoms. The van der Waals surface area contributed by atoms with Crippen molar-refractivity contribution in [3.05, 3.63) is 54.4 Å². The second-order valence-electron chi connectivity index (χ2n) is 5.92. The number of aliphatic hydroxyl groups excluding tert-OH is 3. The molecule has 0 aliphatic carbocycles. The molecule has 0 radical (unpaired) electrons. The third kappa shape index (κ3) is 14.8. The number of carbonyl (C=O) groups is 1. The molecular weight excluding hydrogens is 422 g/mol. The van der Waals surface area contributed by atoms with Gasteiger partial charge in [-0.2, -0.15) is 0 Å². The Morgan fingerprint density at radius 1 is 1.17 bits per heavy atom. The second kappa shape index (κ2) is 17.6. The zero-order valence-electron chi connectivity index (χ0n) is 16.7. The van der Waals surface area contributed by atoms with E-state index < -0.39 is 30.9 Å². The van der Waals surface area contributed by atoms with Gasteiger partial charge >= 0.3 is 51.4 Å². The topological polar surface area (TPSA) is 119 Å². The van der Waals surface area contributed by atoms with Gasteiger partial charge in [-0.3, -0.25) is 0 Å². The number of carboxylic acids is 1. The minimum absolute atomic E-state index is 0. The van der Waals surface area contributed by atoms with Crippen LogP contribution in [-0.2, 0) is 9.53 Å². The summed E-state index contributed by atoms with van der Waals surface area (Å²) in [5.41, 5.74) is 0. The predicted octanol–water partition coefficient (Wildman–Crippen LogP) is -3.05. The largest absolute Gasteiger partial charge is 1.00 e. The first-order chi connectivity index (χ1) is 13.9. The SMILES string of the molecule is O=C([O-])COC[C@H](O)[C@H](O)/C=C/C#CCC/C=C/[C@H](O)COc1ccc(F)cc1.[K+]. The number of carboxylic acid groups (broad SMARTS) is 1. The van der Waals surface area contributed by atoms with Gasteiger partial charge in [-0.1, -0.05) is 24.0 Å². The van der Waals surface area contributed by atoms with Gasteiger partial charge in [0, 0.05) is 6.42 Å². The van der Waals surface area contributed by atoms with E-state index in [1.54, 1.807) is 12.2 Å². The summed E-state index contributed by atoms with van der Waals surface area (Å²) in [6, 6.07) is 5.50. The number of halogens is 1. The minimum Gasteiger partial charge on any atom is -0.548 e. The number of aliphatic carboxylic acids is 1. The average Bonchev–Trinajstić information content (AvgIpc) is 2.69. The average molecular weight is 447 g/mol. The molecule has 3 N–H and O–H groups in total. The molecule has 0 fully saturated rings. The van der Waals surface area contributed by atoms with Gasteiger partial charge in [-0.15, -0.1) is 0 Å². The summed E-state index contributed by atoms with van der Waals surface area (Å²) in [6.45, 7) is -0.956. The van der Waals surface area contributed by atoms with Crippen molar-refractivity contribution in [2.75, 3.05) is 19.8 Å². The van der Waals surface area contributed by atoms with E-state index in [9.17, 15) is 29.6 Å². The number of aliphatic hydroxyl groups is 3. The Labute approximate surface area is 217 Å². The Balaban J connectivity index is 0.00000841. The van der Waals surface area contributed by atoms with E-state index in [1.807, 2.05) is 0 Å². The molecule has 0 amide bonds. The van der Waals surface area contributed by atoms with Crippen LogP contribution >= 0.6 is 0 Å². The number of carbonyl (C=O) groups excluding carboxylic acids is 1. The van der Waals surface area contributed by atoms with Crippen LogP contribution in [0.15, 0.2) is 48.6 Å². The van der Waals surface area contributed by atoms with Crippen molar-refractivity contribution in [3.8, 4) is 17.6 Å². The molecular formula is C21H24FKO7. The van der Waals surface area contributed by atoms with Gasteiger partial charge in [0.25, 0.3) is 0 Å². The van der Waals surface area contributed by atoms with E-state index in [2.05, 4.69) is 16.6 Å². The van der Waals surface area contributed by atoms with Crippen LogP contribution in [0, 0.1) is 17.7 Å². The van der Waals surface area contributed by atoms with Crippen LogP contribution in [0.4, 0.5) is 4.39 Å². The molecule has 0 saturated carbocycles. The summed E-state index contributed by atoms with van der Waals surface area (Å²) < 4.78 is 22.7. The fourth-order valence-electron chi connectivity index (χ4n) is 1.94. The summed E-state index contributed by atoms with van der Waals surface area (Å²) in [7, 11) is 0. The van der Waals surface area contributed by atoms with Crippen LogP contribution in [-0.4, -0.2) is 59.4 Å². The second-order valence-corrected chi connectivity index (χ2v) is 5.92. The Hall–Kier alpha value is -1.06. The Morgan fingerprint density at radius 3 is 2.53 bits per heavy atom. The molecule has 0 aliphatic heterocycles. The van der Waals surface area contributed by atoms with E-state index in [1.165, 1.54) is 36.4 Å². The van der Waals surface area contributed by atoms with Crippen LogP contribution in [0.1, 0.15) is 12.8 Å². The van der Waals surface area contributed by atoms with Gasteiger partial charge in [0.2, 0.25) is 0 Å². The van der Waals surface area contributed by atoms with Crippen LogP contribution in [0.2, 0.25) is 0 Å². The monoisotopic (exact) mass is 446 g/mol. The smallest absolute Gasteiger partial charge is 0.548 e. The number of allylic oxidation sites excluding steroid dienone is 2. The molecule has 7 nitrogen and oxygen atoms in total. The van der Waals surface area contributed by atoms with Crippen LogP contribution < -0.4 is 61.2 Å². The standard InChI is InChI=1S/C21H25FO7.K/c22-16-9-11-18(12-10-16)29-13-17(23)7-5-3-1-2-4-6-8-19(24)20(25)14-28-15-21(26)27;/h5-12,17,19-20,23-25H,1,3,13-15H2,(H,26,27);/q;+1/p-1/b7-5+,8-6+;/t17-,19+,20-;/m0./s1. The maximum Gasteiger partial charge on any atom is 1.00 e. The number of hydrogen-bond acceptors (Lipinski definition) is 7. The van der Waals surface area contributed by atoms with Crippen LogP contribution in [0.3, 0.4) is 0 Å². The summed E-state index contributed by atoms with van der Waals surface area (Å²) in [6.07, 6.45) is 3.78. The Kier molecular flexibility index (Phi) is 17.0. The number of hydrogen-bond donors (Lipinski definition) is 3. The van der Waals surface area contributed by atoms with Crippen molar-refractivity contribution in [1.29, 1.82) is 0 Å². The van der Waals surface area contributed by atoms with E-state index in [0.717, 1.165) is 0 Å². The van der Waals surface area contributed by atoms with Crippen LogP contribution in [0.25, 0.3) is 0 Å². The Morgan fingerprint density at radius 2 is 1.87 bits per heavy atom. The van der Waals surface area contributed by atoms with E-state index in [-0.39, 0.29) is 70.4 Å². The van der Waals surface area contributed by atoms with Gasteiger partial charge in [0.05, 0.1) is 19.2 Å². The number of unbranched alkanes of at least 4 members (excludes halogenated alkanes) is 1. The Bertz CT molecular complexity index is 725. The molecule has 1 aromatic carbocycles. The molecule has 30 heavy (non-hydrogen) atoms. The van der Waals surface area contributed by atoms with E-state index in [4.69, 9.17) is 4.74 Å². The van der Waals surface area contributed by atoms with Crippen LogP contribution in [0.5, 0.6) is 5.75 Å². The first-order valence-electron chi connectivity index (χ1n) is 8.90. The quantitative estimate of drug-likeness (QED) is 0.135. The molecule has 1 rings (SSSR count). The van der Waals surface area contributed by atoms with Gasteiger partial charge in [-0.05, 0) is 42.8 Å². The third-order valence-corrected chi connectivity index (χ3v) is 3.41. The molecule has 0 spiro atoms. The zero-order valence-corrected chi connectivity index (χ0v) is 19.9. The summed E-state index contributed by atoms with van der Waals surface area (Å²) in [5.74, 6) is 4.22. The zero-order chi connectivity index (χ0) is 21.5. The molecule has 0 heterocycles.